The number of hydrogen-bond donors (Lipinski definition) is 2. The molecule has 2 aromatic rings. The van der Waals surface area contributed by atoms with Crippen LogP contribution >= 0.6 is 11.6 Å². The summed E-state index contributed by atoms with van der Waals surface area (Å²) in [7, 11) is 1.34. The first-order chi connectivity index (χ1) is 14.2. The highest BCUT2D eigenvalue weighted by Gasteiger charge is 2.56. The van der Waals surface area contributed by atoms with Crippen molar-refractivity contribution in [2.45, 2.75) is 50.8 Å². The Morgan fingerprint density at radius 1 is 1.13 bits per heavy atom. The second kappa shape index (κ2) is 9.04. The topological polar surface area (TPSA) is 62.0 Å². The molecule has 0 amide bonds. The number of rotatable bonds is 7. The lowest BCUT2D eigenvalue weighted by Crippen LogP contribution is -2.51. The zero-order chi connectivity index (χ0) is 23.6. The van der Waals surface area contributed by atoms with E-state index in [4.69, 9.17) is 21.5 Å². The third-order valence-electron chi connectivity index (χ3n) is 5.26. The van der Waals surface area contributed by atoms with Gasteiger partial charge in [0.15, 0.2) is 5.60 Å². The number of aliphatic hydroxyl groups is 1. The van der Waals surface area contributed by atoms with Crippen molar-refractivity contribution in [3.63, 3.8) is 0 Å². The minimum atomic E-state index is -4.99. The van der Waals surface area contributed by atoms with Gasteiger partial charge < -0.3 is 15.1 Å². The van der Waals surface area contributed by atoms with Crippen LogP contribution in [0.4, 0.5) is 17.6 Å². The number of nitrogens with zero attached hydrogens (tertiary/aromatic N) is 1. The summed E-state index contributed by atoms with van der Waals surface area (Å²) in [5, 5.41) is 22.7. The summed E-state index contributed by atoms with van der Waals surface area (Å²) in [6, 6.07) is 7.75. The molecule has 170 valence electrons. The molecule has 0 saturated carbocycles. The molecule has 2 N–H and O–H groups in total. The lowest BCUT2D eigenvalue weighted by Gasteiger charge is -2.38. The summed E-state index contributed by atoms with van der Waals surface area (Å²) in [6.45, 7) is 4.46. The molecule has 4 nitrogen and oxygen atoms in total. The molecule has 0 aliphatic rings. The van der Waals surface area contributed by atoms with Gasteiger partial charge in [-0.1, -0.05) is 42.7 Å². The maximum absolute atomic E-state index is 14.0. The lowest BCUT2D eigenvalue weighted by molar-refractivity contribution is -0.266. The molecule has 2 aromatic carbocycles. The van der Waals surface area contributed by atoms with E-state index in [1.54, 1.807) is 0 Å². The van der Waals surface area contributed by atoms with Crippen LogP contribution in [0.1, 0.15) is 43.9 Å². The van der Waals surface area contributed by atoms with E-state index in [1.807, 2.05) is 0 Å². The van der Waals surface area contributed by atoms with Gasteiger partial charge in [0.05, 0.1) is 12.8 Å². The summed E-state index contributed by atoms with van der Waals surface area (Å²) in [4.78, 5) is 0. The van der Waals surface area contributed by atoms with Gasteiger partial charge in [-0.05, 0) is 48.6 Å². The molecular weight excluding hydrogens is 438 g/mol. The van der Waals surface area contributed by atoms with Crippen molar-refractivity contribution >= 4 is 17.3 Å². The van der Waals surface area contributed by atoms with E-state index in [9.17, 15) is 22.7 Å². The van der Waals surface area contributed by atoms with E-state index in [2.05, 4.69) is 5.16 Å². The minimum absolute atomic E-state index is 0.00989. The van der Waals surface area contributed by atoms with E-state index in [-0.39, 0.29) is 27.6 Å². The Bertz CT molecular complexity index is 976. The number of methoxy groups -OCH3 is 1. The van der Waals surface area contributed by atoms with E-state index in [0.717, 1.165) is 12.1 Å². The SMILES string of the molecule is COc1ccc(F)cc1C(C)(C)CC(O)(Cc1ccc(/C(C)=N/O)cc1Cl)C(F)(F)F. The first kappa shape index (κ1) is 24.9. The molecule has 2 rings (SSSR count). The van der Waals surface area contributed by atoms with Crippen LogP contribution in [0, 0.1) is 5.82 Å². The molecule has 0 saturated heterocycles. The van der Waals surface area contributed by atoms with Crippen LogP contribution in [0.15, 0.2) is 41.6 Å². The second-order valence-corrected chi connectivity index (χ2v) is 8.51. The van der Waals surface area contributed by atoms with Gasteiger partial charge in [0, 0.05) is 22.6 Å². The summed E-state index contributed by atoms with van der Waals surface area (Å²) >= 11 is 6.16. The number of ether oxygens (including phenoxy) is 1. The van der Waals surface area contributed by atoms with Gasteiger partial charge in [-0.15, -0.1) is 0 Å². The molecule has 0 aromatic heterocycles. The van der Waals surface area contributed by atoms with Gasteiger partial charge in [-0.25, -0.2) is 4.39 Å². The lowest BCUT2D eigenvalue weighted by atomic mass is 9.72. The monoisotopic (exact) mass is 461 g/mol. The van der Waals surface area contributed by atoms with Crippen molar-refractivity contribution in [2.75, 3.05) is 7.11 Å². The molecule has 9 heteroatoms. The van der Waals surface area contributed by atoms with Crippen molar-refractivity contribution in [1.82, 2.24) is 0 Å². The van der Waals surface area contributed by atoms with Crippen LogP contribution in [-0.2, 0) is 11.8 Å². The van der Waals surface area contributed by atoms with Crippen LogP contribution in [0.3, 0.4) is 0 Å². The quantitative estimate of drug-likeness (QED) is 0.234. The fourth-order valence-electron chi connectivity index (χ4n) is 3.59. The molecule has 0 spiro atoms. The fraction of sp³-hybridized carbons (Fsp3) is 0.409. The highest BCUT2D eigenvalue weighted by atomic mass is 35.5. The zero-order valence-corrected chi connectivity index (χ0v) is 18.3. The Balaban J connectivity index is 2.47. The van der Waals surface area contributed by atoms with E-state index >= 15 is 0 Å². The van der Waals surface area contributed by atoms with E-state index in [0.29, 0.717) is 5.56 Å². The van der Waals surface area contributed by atoms with Gasteiger partial charge in [-0.3, -0.25) is 0 Å². The molecule has 0 aliphatic heterocycles. The van der Waals surface area contributed by atoms with Crippen molar-refractivity contribution in [1.29, 1.82) is 0 Å². The highest BCUT2D eigenvalue weighted by Crippen LogP contribution is 2.45. The van der Waals surface area contributed by atoms with Crippen molar-refractivity contribution in [3.05, 3.63) is 63.9 Å². The van der Waals surface area contributed by atoms with Gasteiger partial charge in [0.2, 0.25) is 0 Å². The average Bonchev–Trinajstić information content (AvgIpc) is 2.67. The third kappa shape index (κ3) is 5.49. The van der Waals surface area contributed by atoms with Gasteiger partial charge in [0.25, 0.3) is 0 Å². The molecule has 0 bridgehead atoms. The molecular formula is C22H24ClF4NO3. The summed E-state index contributed by atoms with van der Waals surface area (Å²) in [5.74, 6) is -0.406. The largest absolute Gasteiger partial charge is 0.496 e. The number of alkyl halides is 3. The van der Waals surface area contributed by atoms with Crippen molar-refractivity contribution in [2.24, 2.45) is 5.16 Å². The molecule has 0 radical (unpaired) electrons. The highest BCUT2D eigenvalue weighted by molar-refractivity contribution is 6.31. The second-order valence-electron chi connectivity index (χ2n) is 8.10. The van der Waals surface area contributed by atoms with Crippen molar-refractivity contribution in [3.8, 4) is 5.75 Å². The normalized spacial score (nSPS) is 15.0. The number of hydrogen-bond acceptors (Lipinski definition) is 4. The first-order valence-electron chi connectivity index (χ1n) is 9.34. The number of oxime groups is 1. The van der Waals surface area contributed by atoms with Gasteiger partial charge in [-0.2, -0.15) is 13.2 Å². The third-order valence-corrected chi connectivity index (χ3v) is 5.61. The Morgan fingerprint density at radius 3 is 2.29 bits per heavy atom. The predicted molar refractivity (Wildman–Crippen MR) is 111 cm³/mol. The summed E-state index contributed by atoms with van der Waals surface area (Å²) < 4.78 is 61.1. The van der Waals surface area contributed by atoms with Crippen LogP contribution < -0.4 is 4.74 Å². The van der Waals surface area contributed by atoms with Gasteiger partial charge >= 0.3 is 6.18 Å². The van der Waals surface area contributed by atoms with E-state index < -0.39 is 35.9 Å². The minimum Gasteiger partial charge on any atom is -0.496 e. The van der Waals surface area contributed by atoms with Crippen LogP contribution in [0.5, 0.6) is 5.75 Å². The molecule has 0 fully saturated rings. The number of benzene rings is 2. The molecule has 31 heavy (non-hydrogen) atoms. The molecule has 0 heterocycles. The molecule has 0 aliphatic carbocycles. The Labute approximate surface area is 183 Å². The van der Waals surface area contributed by atoms with Crippen LogP contribution in [0.25, 0.3) is 0 Å². The van der Waals surface area contributed by atoms with E-state index in [1.165, 1.54) is 52.1 Å². The standard InChI is InChI=1S/C22H24ClF4NO3/c1-13(28-30)14-5-6-15(18(23)9-14)11-21(29,22(25,26)27)12-20(2,3)17-10-16(24)7-8-19(17)31-4/h5-10,29-30H,11-12H2,1-4H3/b28-13+. The zero-order valence-electron chi connectivity index (χ0n) is 17.5. The average molecular weight is 462 g/mol. The van der Waals surface area contributed by atoms with Crippen LogP contribution in [-0.4, -0.2) is 34.9 Å². The Kier molecular flexibility index (Phi) is 7.28. The summed E-state index contributed by atoms with van der Waals surface area (Å²) in [5.41, 5.74) is -3.52. The molecule has 1 atom stereocenters. The maximum atomic E-state index is 14.0. The smallest absolute Gasteiger partial charge is 0.417 e. The van der Waals surface area contributed by atoms with Crippen LogP contribution in [0.2, 0.25) is 5.02 Å². The molecule has 1 unspecified atom stereocenters. The predicted octanol–water partition coefficient (Wildman–Crippen LogP) is 5.89. The first-order valence-corrected chi connectivity index (χ1v) is 9.72. The maximum Gasteiger partial charge on any atom is 0.417 e. The Morgan fingerprint density at radius 2 is 1.77 bits per heavy atom. The van der Waals surface area contributed by atoms with Crippen molar-refractivity contribution < 1.29 is 32.6 Å². The Hall–Kier alpha value is -2.32. The number of halogens is 5. The van der Waals surface area contributed by atoms with Gasteiger partial charge in [0.1, 0.15) is 11.6 Å². The fourth-order valence-corrected chi connectivity index (χ4v) is 3.83. The summed E-state index contributed by atoms with van der Waals surface area (Å²) in [6.07, 6.45) is -6.57.